The van der Waals surface area contributed by atoms with Crippen molar-refractivity contribution in [3.8, 4) is 0 Å². The molecule has 0 saturated carbocycles. The summed E-state index contributed by atoms with van der Waals surface area (Å²) in [5.41, 5.74) is 0. The molecule has 1 aliphatic rings. The molecule has 0 aliphatic heterocycles. The van der Waals surface area contributed by atoms with Crippen LogP contribution in [0.5, 0.6) is 0 Å². The first-order valence-corrected chi connectivity index (χ1v) is 20.2. The first kappa shape index (κ1) is 16.4. The Morgan fingerprint density at radius 2 is 1.28 bits per heavy atom. The molecular weight excluding hydrogens is 383 g/mol. The Hall–Kier alpha value is 0.350. The quantitative estimate of drug-likeness (QED) is 0.362. The maximum absolute atomic E-state index is 2.77. The van der Waals surface area contributed by atoms with Gasteiger partial charge in [0, 0.05) is 0 Å². The minimum atomic E-state index is -2.77. The third-order valence-corrected chi connectivity index (χ3v) is 39.2. The van der Waals surface area contributed by atoms with Gasteiger partial charge >= 0.3 is 117 Å². The minimum absolute atomic E-state index is 1.30. The Bertz CT molecular complexity index is 276. The van der Waals surface area contributed by atoms with Crippen molar-refractivity contribution in [2.24, 2.45) is 0 Å². The van der Waals surface area contributed by atoms with Crippen molar-refractivity contribution >= 4 is 0 Å². The molecule has 0 bridgehead atoms. The molecule has 0 atom stereocenters. The van der Waals surface area contributed by atoms with Crippen LogP contribution in [0.3, 0.4) is 0 Å². The van der Waals surface area contributed by atoms with Gasteiger partial charge in [0.1, 0.15) is 0 Å². The van der Waals surface area contributed by atoms with Crippen molar-refractivity contribution in [3.63, 3.8) is 0 Å². The topological polar surface area (TPSA) is 0 Å². The van der Waals surface area contributed by atoms with Crippen LogP contribution in [-0.4, -0.2) is 0 Å². The van der Waals surface area contributed by atoms with Crippen LogP contribution in [-0.2, 0) is 18.5 Å². The van der Waals surface area contributed by atoms with E-state index in [-0.39, 0.29) is 0 Å². The maximum atomic E-state index is 2.53. The number of allylic oxidation sites excluding steroid dienone is 4. The van der Waals surface area contributed by atoms with Crippen LogP contribution < -0.4 is 0 Å². The van der Waals surface area contributed by atoms with E-state index < -0.39 is 18.5 Å². The van der Waals surface area contributed by atoms with Crippen molar-refractivity contribution in [3.05, 3.63) is 21.6 Å². The van der Waals surface area contributed by atoms with Crippen molar-refractivity contribution < 1.29 is 18.5 Å². The molecule has 18 heavy (non-hydrogen) atoms. The second-order valence-electron chi connectivity index (χ2n) is 6.53. The molecule has 0 heterocycles. The van der Waals surface area contributed by atoms with Crippen molar-refractivity contribution in [1.82, 2.24) is 0 Å². The fourth-order valence-corrected chi connectivity index (χ4v) is 38.4. The second kappa shape index (κ2) is 7.22. The Balaban J connectivity index is 3.21. The van der Waals surface area contributed by atoms with Crippen LogP contribution >= 0.6 is 0 Å². The fourth-order valence-electron chi connectivity index (χ4n) is 4.99. The molecule has 0 saturated heterocycles. The Labute approximate surface area is 116 Å². The zero-order valence-electron chi connectivity index (χ0n) is 13.1. The summed E-state index contributed by atoms with van der Waals surface area (Å²) in [6, 6.07) is 0. The molecule has 0 aromatic heterocycles. The molecular formula is C17H33Hf. The zero-order chi connectivity index (χ0) is 13.5. The Kier molecular flexibility index (Phi) is 6.58. The Morgan fingerprint density at radius 1 is 0.833 bits per heavy atom. The predicted octanol–water partition coefficient (Wildman–Crippen LogP) is 6.83. The van der Waals surface area contributed by atoms with E-state index in [1.807, 2.05) is 3.33 Å². The van der Waals surface area contributed by atoms with Gasteiger partial charge in [0.25, 0.3) is 0 Å². The summed E-state index contributed by atoms with van der Waals surface area (Å²) in [7, 11) is 0. The van der Waals surface area contributed by atoms with E-state index in [4.69, 9.17) is 0 Å². The summed E-state index contributed by atoms with van der Waals surface area (Å²) in [6.07, 6.45) is 14.2. The molecule has 0 fully saturated rings. The molecule has 1 aliphatic carbocycles. The predicted molar refractivity (Wildman–Crippen MR) is 82.2 cm³/mol. The third kappa shape index (κ3) is 3.08. The first-order valence-electron chi connectivity index (χ1n) is 8.21. The van der Waals surface area contributed by atoms with Crippen molar-refractivity contribution in [2.75, 3.05) is 0 Å². The molecule has 0 radical (unpaired) electrons. The molecule has 0 amide bonds. The number of rotatable bonds is 9. The van der Waals surface area contributed by atoms with E-state index >= 15 is 0 Å². The van der Waals surface area contributed by atoms with Gasteiger partial charge < -0.3 is 0 Å². The molecule has 0 unspecified atom stereocenters. The molecule has 1 rings (SSSR count). The van der Waals surface area contributed by atoms with E-state index in [0.29, 0.717) is 0 Å². The summed E-state index contributed by atoms with van der Waals surface area (Å²) >= 11 is -2.77. The van der Waals surface area contributed by atoms with Crippen LogP contribution in [0.2, 0.25) is 16.7 Å². The monoisotopic (exact) mass is 417 g/mol. The number of hydrogen-bond acceptors (Lipinski definition) is 0. The molecule has 1 heteroatoms. The van der Waals surface area contributed by atoms with Crippen LogP contribution in [0, 0.1) is 0 Å². The molecule has 0 aromatic rings. The van der Waals surface area contributed by atoms with E-state index in [1.165, 1.54) is 32.1 Å². The molecule has 0 nitrogen and oxygen atoms in total. The van der Waals surface area contributed by atoms with E-state index in [2.05, 4.69) is 45.9 Å². The zero-order valence-corrected chi connectivity index (χ0v) is 16.7. The van der Waals surface area contributed by atoms with Gasteiger partial charge in [-0.1, -0.05) is 0 Å². The van der Waals surface area contributed by atoms with Gasteiger partial charge in [-0.05, 0) is 0 Å². The van der Waals surface area contributed by atoms with Crippen LogP contribution in [0.1, 0.15) is 59.8 Å². The molecule has 105 valence electrons. The van der Waals surface area contributed by atoms with Gasteiger partial charge in [0.15, 0.2) is 0 Å². The van der Waals surface area contributed by atoms with Gasteiger partial charge in [-0.2, -0.15) is 0 Å². The average molecular weight is 416 g/mol. The summed E-state index contributed by atoms with van der Waals surface area (Å²) in [5.74, 6) is 0. The molecule has 0 aromatic carbocycles. The van der Waals surface area contributed by atoms with Crippen LogP contribution in [0.15, 0.2) is 21.6 Å². The van der Waals surface area contributed by atoms with E-state index in [9.17, 15) is 0 Å². The van der Waals surface area contributed by atoms with Crippen molar-refractivity contribution in [1.29, 1.82) is 0 Å². The van der Waals surface area contributed by atoms with Gasteiger partial charge in [0.2, 0.25) is 0 Å². The van der Waals surface area contributed by atoms with Crippen LogP contribution in [0.4, 0.5) is 0 Å². The van der Waals surface area contributed by atoms with Crippen LogP contribution in [0.25, 0.3) is 0 Å². The summed E-state index contributed by atoms with van der Waals surface area (Å²) in [4.78, 5) is 0. The average Bonchev–Trinajstić information content (AvgIpc) is 2.85. The number of hydrogen-bond donors (Lipinski definition) is 0. The van der Waals surface area contributed by atoms with E-state index in [0.717, 1.165) is 0 Å². The van der Waals surface area contributed by atoms with Gasteiger partial charge in [-0.25, -0.2) is 0 Å². The standard InChI is InChI=1S/C5H5.4C3H7.Hf/c1-2-4-5-3-1;4*1-3-2;/h1-3H,4H2;4*1,3H2,2H3;. The van der Waals surface area contributed by atoms with Gasteiger partial charge in [-0.15, -0.1) is 0 Å². The molecule has 0 spiro atoms. The molecule has 0 N–H and O–H groups in total. The fraction of sp³-hybridized carbons (Fsp3) is 0.765. The Morgan fingerprint density at radius 3 is 1.56 bits per heavy atom. The second-order valence-corrected chi connectivity index (χ2v) is 31.9. The summed E-state index contributed by atoms with van der Waals surface area (Å²) < 4.78 is 8.35. The van der Waals surface area contributed by atoms with E-state index in [1.54, 1.807) is 16.7 Å². The van der Waals surface area contributed by atoms with Gasteiger partial charge in [-0.3, -0.25) is 0 Å². The normalized spacial score (nSPS) is 17.6. The third-order valence-electron chi connectivity index (χ3n) is 5.30. The van der Waals surface area contributed by atoms with Crippen molar-refractivity contribution in [2.45, 2.75) is 76.5 Å². The SMILES string of the molecule is CC[CH2][Hf]([CH2]CC)([CH2]CC)([CH2]CC)[C]1=CC=CC1. The summed E-state index contributed by atoms with van der Waals surface area (Å²) in [5, 5.41) is 0. The first-order chi connectivity index (χ1) is 8.67. The summed E-state index contributed by atoms with van der Waals surface area (Å²) in [6.45, 7) is 9.67. The van der Waals surface area contributed by atoms with Gasteiger partial charge in [0.05, 0.1) is 0 Å².